The number of carboxylic acid groups (broad SMARTS) is 4. The lowest BCUT2D eigenvalue weighted by molar-refractivity contribution is -0.142. The molecule has 34 heteroatoms. The van der Waals surface area contributed by atoms with Crippen LogP contribution in [0, 0.1) is 11.8 Å². The summed E-state index contributed by atoms with van der Waals surface area (Å²) in [4.78, 5) is 174. The van der Waals surface area contributed by atoms with Crippen LogP contribution in [0.5, 0.6) is 11.5 Å². The van der Waals surface area contributed by atoms with Crippen molar-refractivity contribution in [2.45, 2.75) is 219 Å². The van der Waals surface area contributed by atoms with E-state index in [0.29, 0.717) is 95.7 Å². The van der Waals surface area contributed by atoms with Crippen molar-refractivity contribution >= 4 is 82.5 Å². The second-order valence-electron chi connectivity index (χ2n) is 28.1. The summed E-state index contributed by atoms with van der Waals surface area (Å²) in [6.07, 6.45) is 16.7. The maximum Gasteiger partial charge on any atom is 0.335 e. The monoisotopic (exact) mass is 1640 g/mol. The van der Waals surface area contributed by atoms with Crippen molar-refractivity contribution in [1.82, 2.24) is 32.1 Å². The molecule has 4 atom stereocenters. The number of rotatable bonds is 79. The molecule has 0 saturated heterocycles. The standard InChI is InChI=1S/C82H128N6O28/c1-61(22-15-16-40-83-76(96)58-111-52-48-108-44-21-25-67(91)57-110-51-50-109-47-42-85-73(93)39-38-71(82(105)106)87-75(95)27-14-10-6-4-8-12-18-46-115-69-35-30-64(31-36-69)80(101)102)72(92)56-65(62(2)89)23-19-41-84-77(97)59-113-54-55-116-88-78(98)60-112-53-49-107-43-20-24-66(90)32-37-70(81(103)104)86-74(94)26-13-9-5-3-7-11-17-45-114-68-33-28-63(29-34-68)79(99)100/h28-31,33-36,61,65,70-71H,3-27,32,37-60H2,1-2H3,(H,83,96)(H,84,97)(H,85,93)(H,86,94)(H,87,95)(H,88,98)(H,99,100)(H,101,102)(H,103,104)(H,105,106)/t61-,65+,70-,71-/m0/s1. The van der Waals surface area contributed by atoms with Crippen molar-refractivity contribution in [3.05, 3.63) is 59.7 Å². The lowest BCUT2D eigenvalue weighted by atomic mass is 9.87. The van der Waals surface area contributed by atoms with E-state index in [-0.39, 0.29) is 227 Å². The lowest BCUT2D eigenvalue weighted by Crippen LogP contribution is -2.41. The number of aliphatic carboxylic acids is 2. The average Bonchev–Trinajstić information content (AvgIpc) is 0.909. The van der Waals surface area contributed by atoms with Crippen LogP contribution in [0.25, 0.3) is 0 Å². The van der Waals surface area contributed by atoms with E-state index in [9.17, 15) is 77.3 Å². The van der Waals surface area contributed by atoms with Crippen LogP contribution in [0.2, 0.25) is 0 Å². The number of benzene rings is 2. The highest BCUT2D eigenvalue weighted by Gasteiger charge is 2.25. The van der Waals surface area contributed by atoms with Crippen LogP contribution in [0.3, 0.4) is 0 Å². The van der Waals surface area contributed by atoms with Crippen LogP contribution in [-0.4, -0.2) is 247 Å². The number of ketones is 4. The fourth-order valence-corrected chi connectivity index (χ4v) is 11.4. The molecule has 2 rings (SSSR count). The molecule has 0 aromatic heterocycles. The Morgan fingerprint density at radius 3 is 1.23 bits per heavy atom. The molecule has 0 saturated carbocycles. The summed E-state index contributed by atoms with van der Waals surface area (Å²) in [5.74, 6) is -6.77. The van der Waals surface area contributed by atoms with Gasteiger partial charge in [-0.3, -0.25) is 52.8 Å². The number of nitrogens with one attached hydrogen (secondary N) is 6. The minimum absolute atomic E-state index is 0.00827. The van der Waals surface area contributed by atoms with Gasteiger partial charge in [-0.25, -0.2) is 24.7 Å². The van der Waals surface area contributed by atoms with Gasteiger partial charge in [0.15, 0.2) is 5.78 Å². The minimum Gasteiger partial charge on any atom is -0.494 e. The summed E-state index contributed by atoms with van der Waals surface area (Å²) < 4.78 is 49.0. The average molecular weight is 1650 g/mol. The second kappa shape index (κ2) is 68.2. The number of carboxylic acids is 4. The first-order valence-corrected chi connectivity index (χ1v) is 40.7. The first kappa shape index (κ1) is 103. The summed E-state index contributed by atoms with van der Waals surface area (Å²) >= 11 is 0. The third-order valence-corrected chi connectivity index (χ3v) is 18.1. The van der Waals surface area contributed by atoms with E-state index in [0.717, 1.165) is 77.0 Å². The SMILES string of the molecule is CC(=O)[C@H](CCCNC(=O)COCCONC(=O)COCCOCCCC(=O)CC[C@H](NC(=O)CCCCCCCCCOc1ccc(C(=O)O)cc1)C(=O)O)CC(=O)[C@@H](C)CCCCNC(=O)COCCOCCCC(=O)COCCOCCNC(=O)CC[C@H](NC(=O)CCCCCCCCCOc1ccc(C(=O)O)cc1)C(=O)O. The number of unbranched alkanes of at least 4 members (excludes halogenated alkanes) is 13. The molecular formula is C82H128N6O28. The number of hydrogen-bond donors (Lipinski definition) is 10. The van der Waals surface area contributed by atoms with Gasteiger partial charge in [0.2, 0.25) is 29.5 Å². The predicted octanol–water partition coefficient (Wildman–Crippen LogP) is 7.44. The number of aromatic carboxylic acids is 2. The van der Waals surface area contributed by atoms with Gasteiger partial charge in [-0.1, -0.05) is 77.6 Å². The third kappa shape index (κ3) is 58.0. The molecule has 6 amide bonds. The van der Waals surface area contributed by atoms with Crippen LogP contribution in [-0.2, 0) is 95.5 Å². The normalized spacial score (nSPS) is 12.1. The molecule has 2 aromatic carbocycles. The number of Topliss-reactive ketones (excluding diaryl/α,β-unsaturated/α-hetero) is 4. The quantitative estimate of drug-likeness (QED) is 0.0227. The first-order valence-electron chi connectivity index (χ1n) is 40.7. The van der Waals surface area contributed by atoms with E-state index in [1.165, 1.54) is 31.2 Å². The highest BCUT2D eigenvalue weighted by Crippen LogP contribution is 2.21. The van der Waals surface area contributed by atoms with Crippen molar-refractivity contribution in [3.8, 4) is 11.5 Å². The van der Waals surface area contributed by atoms with Gasteiger partial charge in [0.1, 0.15) is 67.4 Å². The summed E-state index contributed by atoms with van der Waals surface area (Å²) in [6.45, 7) is 5.93. The lowest BCUT2D eigenvalue weighted by Gasteiger charge is -2.16. The maximum atomic E-state index is 13.0. The fourth-order valence-electron chi connectivity index (χ4n) is 11.4. The van der Waals surface area contributed by atoms with Crippen LogP contribution in [0.1, 0.15) is 227 Å². The van der Waals surface area contributed by atoms with E-state index in [4.69, 9.17) is 57.7 Å². The zero-order valence-corrected chi connectivity index (χ0v) is 67.9. The zero-order chi connectivity index (χ0) is 85.0. The second-order valence-corrected chi connectivity index (χ2v) is 28.1. The van der Waals surface area contributed by atoms with Gasteiger partial charge >= 0.3 is 23.9 Å². The minimum atomic E-state index is -1.22. The van der Waals surface area contributed by atoms with E-state index in [2.05, 4.69) is 32.1 Å². The van der Waals surface area contributed by atoms with Gasteiger partial charge < -0.3 is 89.6 Å². The molecule has 10 N–H and O–H groups in total. The van der Waals surface area contributed by atoms with Crippen molar-refractivity contribution < 1.29 is 135 Å². The summed E-state index contributed by atoms with van der Waals surface area (Å²) in [7, 11) is 0. The highest BCUT2D eigenvalue weighted by atomic mass is 16.7. The van der Waals surface area contributed by atoms with E-state index in [1.54, 1.807) is 24.3 Å². The van der Waals surface area contributed by atoms with Gasteiger partial charge in [0.05, 0.1) is 83.8 Å². The summed E-state index contributed by atoms with van der Waals surface area (Å²) in [5.41, 5.74) is 2.61. The Balaban J connectivity index is 1.34. The Labute approximate surface area is 680 Å². The molecule has 116 heavy (non-hydrogen) atoms. The maximum absolute atomic E-state index is 13.0. The molecule has 0 aliphatic carbocycles. The Morgan fingerprint density at radius 2 is 0.750 bits per heavy atom. The van der Waals surface area contributed by atoms with Crippen molar-refractivity contribution in [3.63, 3.8) is 0 Å². The molecule has 0 aliphatic rings. The molecule has 0 unspecified atom stereocenters. The summed E-state index contributed by atoms with van der Waals surface area (Å²) in [6, 6.07) is 10.2. The molecule has 0 spiro atoms. The Kier molecular flexibility index (Phi) is 60.6. The van der Waals surface area contributed by atoms with E-state index in [1.807, 2.05) is 6.92 Å². The molecular weight excluding hydrogens is 1520 g/mol. The number of ether oxygens (including phenoxy) is 9. The van der Waals surface area contributed by atoms with Gasteiger partial charge in [0, 0.05) is 89.6 Å². The van der Waals surface area contributed by atoms with Gasteiger partial charge in [-0.05, 0) is 133 Å². The topological polar surface area (TPSA) is 484 Å². The number of carbonyl (C=O) groups excluding carboxylic acids is 10. The Hall–Kier alpha value is -8.90. The predicted molar refractivity (Wildman–Crippen MR) is 423 cm³/mol. The molecule has 34 nitrogen and oxygen atoms in total. The van der Waals surface area contributed by atoms with Gasteiger partial charge in [0.25, 0.3) is 5.91 Å². The Morgan fingerprint density at radius 1 is 0.336 bits per heavy atom. The van der Waals surface area contributed by atoms with Crippen molar-refractivity contribution in [2.75, 3.05) is 132 Å². The number of carbonyl (C=O) groups is 14. The molecule has 0 bridgehead atoms. The molecule has 0 heterocycles. The van der Waals surface area contributed by atoms with Gasteiger partial charge in [-0.15, -0.1) is 0 Å². The van der Waals surface area contributed by atoms with Crippen LogP contribution < -0.4 is 41.5 Å². The molecule has 0 radical (unpaired) electrons. The van der Waals surface area contributed by atoms with Crippen LogP contribution in [0.4, 0.5) is 0 Å². The van der Waals surface area contributed by atoms with E-state index >= 15 is 0 Å². The number of hydroxylamine groups is 1. The highest BCUT2D eigenvalue weighted by molar-refractivity contribution is 5.90. The van der Waals surface area contributed by atoms with Crippen molar-refractivity contribution in [1.29, 1.82) is 0 Å². The summed E-state index contributed by atoms with van der Waals surface area (Å²) in [5, 5.41) is 50.3. The molecule has 654 valence electrons. The third-order valence-electron chi connectivity index (χ3n) is 18.1. The molecule has 2 aromatic rings. The van der Waals surface area contributed by atoms with E-state index < -0.39 is 53.7 Å². The smallest absolute Gasteiger partial charge is 0.335 e. The largest absolute Gasteiger partial charge is 0.494 e. The fraction of sp³-hybridized carbons (Fsp3) is 0.683. The molecule has 0 fully saturated rings. The van der Waals surface area contributed by atoms with Gasteiger partial charge in [-0.2, -0.15) is 0 Å². The number of amides is 6. The van der Waals surface area contributed by atoms with Crippen molar-refractivity contribution in [2.24, 2.45) is 11.8 Å². The zero-order valence-electron chi connectivity index (χ0n) is 67.9. The first-order chi connectivity index (χ1) is 55.9. The van der Waals surface area contributed by atoms with Crippen LogP contribution >= 0.6 is 0 Å². The number of hydrogen-bond acceptors (Lipinski definition) is 24. The molecule has 0 aliphatic heterocycles. The van der Waals surface area contributed by atoms with Crippen LogP contribution in [0.15, 0.2) is 48.5 Å². The Bertz CT molecular complexity index is 3160.